The summed E-state index contributed by atoms with van der Waals surface area (Å²) in [4.78, 5) is 4.70. The third-order valence-corrected chi connectivity index (χ3v) is 10.2. The summed E-state index contributed by atoms with van der Waals surface area (Å²) in [6.45, 7) is 0. The van der Waals surface area contributed by atoms with Crippen LogP contribution < -0.4 is 21.0 Å². The SMILES string of the molecule is c1ccc(P(Cc2ccccc2[SiH2]c2cccc3cccnc23)c2ccccc2)cc1. The number of hydrogen-bond donors (Lipinski definition) is 0. The van der Waals surface area contributed by atoms with E-state index in [1.54, 1.807) is 0 Å². The Hall–Kier alpha value is -3.06. The molecule has 0 unspecified atom stereocenters. The van der Waals surface area contributed by atoms with Gasteiger partial charge in [-0.3, -0.25) is 4.98 Å². The van der Waals surface area contributed by atoms with Gasteiger partial charge in [-0.1, -0.05) is 114 Å². The Kier molecular flexibility index (Phi) is 6.02. The summed E-state index contributed by atoms with van der Waals surface area (Å²) in [5.41, 5.74) is 2.65. The Balaban J connectivity index is 1.52. The number of aromatic nitrogens is 1. The molecule has 1 aromatic heterocycles. The number of rotatable bonds is 6. The van der Waals surface area contributed by atoms with Crippen LogP contribution in [-0.4, -0.2) is 14.5 Å². The first-order valence-electron chi connectivity index (χ1n) is 10.7. The summed E-state index contributed by atoms with van der Waals surface area (Å²) in [6.07, 6.45) is 2.99. The molecule has 0 aliphatic carbocycles. The molecule has 0 saturated carbocycles. The van der Waals surface area contributed by atoms with Crippen molar-refractivity contribution in [1.82, 2.24) is 4.98 Å². The standard InChI is InChI=1S/C28H24NPSi/c1-3-14-24(15-4-1)30(25-16-5-2-6-17-25)21-23-11-7-8-18-26(23)31-27-19-9-12-22-13-10-20-29-28(22)27/h1-20H,21,31H2. The number of fused-ring (bicyclic) bond motifs is 1. The van der Waals surface area contributed by atoms with E-state index in [4.69, 9.17) is 4.98 Å². The Labute approximate surface area is 187 Å². The minimum Gasteiger partial charge on any atom is -0.256 e. The predicted molar refractivity (Wildman–Crippen MR) is 139 cm³/mol. The van der Waals surface area contributed by atoms with E-state index in [9.17, 15) is 0 Å². The van der Waals surface area contributed by atoms with Gasteiger partial charge in [0, 0.05) is 17.7 Å². The molecule has 5 aromatic rings. The summed E-state index contributed by atoms with van der Waals surface area (Å²) in [6, 6.07) is 41.9. The van der Waals surface area contributed by atoms with E-state index in [1.165, 1.54) is 37.4 Å². The van der Waals surface area contributed by atoms with E-state index in [2.05, 4.69) is 109 Å². The lowest BCUT2D eigenvalue weighted by atomic mass is 10.2. The monoisotopic (exact) mass is 433 g/mol. The van der Waals surface area contributed by atoms with E-state index in [0.717, 1.165) is 6.16 Å². The normalized spacial score (nSPS) is 11.5. The molecule has 0 atom stereocenters. The minimum absolute atomic E-state index is 0.446. The predicted octanol–water partition coefficient (Wildman–Crippen LogP) is 3.99. The molecule has 4 aromatic carbocycles. The van der Waals surface area contributed by atoms with Gasteiger partial charge in [0.15, 0.2) is 0 Å². The molecule has 1 nitrogen and oxygen atoms in total. The fourth-order valence-corrected chi connectivity index (χ4v) is 8.56. The van der Waals surface area contributed by atoms with Crippen LogP contribution in [0.1, 0.15) is 5.56 Å². The van der Waals surface area contributed by atoms with Gasteiger partial charge >= 0.3 is 0 Å². The highest BCUT2D eigenvalue weighted by Gasteiger charge is 2.16. The van der Waals surface area contributed by atoms with Crippen molar-refractivity contribution in [3.05, 3.63) is 127 Å². The number of hydrogen-bond acceptors (Lipinski definition) is 1. The van der Waals surface area contributed by atoms with Crippen LogP contribution in [0.25, 0.3) is 10.9 Å². The van der Waals surface area contributed by atoms with Crippen LogP contribution in [0.15, 0.2) is 121 Å². The maximum atomic E-state index is 4.70. The zero-order chi connectivity index (χ0) is 20.9. The van der Waals surface area contributed by atoms with Crippen LogP contribution in [0, 0.1) is 0 Å². The Morgan fingerprint density at radius 1 is 0.581 bits per heavy atom. The summed E-state index contributed by atoms with van der Waals surface area (Å²) < 4.78 is 0. The molecule has 0 bridgehead atoms. The molecule has 0 fully saturated rings. The van der Waals surface area contributed by atoms with Crippen molar-refractivity contribution < 1.29 is 0 Å². The van der Waals surface area contributed by atoms with Gasteiger partial charge in [0.1, 0.15) is 0 Å². The molecule has 0 spiro atoms. The fourth-order valence-electron chi connectivity index (χ4n) is 4.12. The zero-order valence-electron chi connectivity index (χ0n) is 17.4. The number of para-hydroxylation sites is 1. The molecule has 0 radical (unpaired) electrons. The second-order valence-electron chi connectivity index (χ2n) is 7.69. The molecule has 31 heavy (non-hydrogen) atoms. The van der Waals surface area contributed by atoms with E-state index >= 15 is 0 Å². The van der Waals surface area contributed by atoms with Crippen LogP contribution in [0.5, 0.6) is 0 Å². The molecule has 0 aliphatic rings. The third-order valence-electron chi connectivity index (χ3n) is 5.68. The van der Waals surface area contributed by atoms with Crippen molar-refractivity contribution in [3.8, 4) is 0 Å². The van der Waals surface area contributed by atoms with E-state index in [0.29, 0.717) is 0 Å². The smallest absolute Gasteiger partial charge is 0.0907 e. The van der Waals surface area contributed by atoms with Crippen molar-refractivity contribution in [2.45, 2.75) is 6.16 Å². The molecule has 0 amide bonds. The molecule has 0 N–H and O–H groups in total. The quantitative estimate of drug-likeness (QED) is 0.292. The average Bonchev–Trinajstić information content (AvgIpc) is 2.85. The lowest BCUT2D eigenvalue weighted by Gasteiger charge is -2.21. The Morgan fingerprint density at radius 3 is 1.94 bits per heavy atom. The molecule has 3 heteroatoms. The van der Waals surface area contributed by atoms with Crippen molar-refractivity contribution in [3.63, 3.8) is 0 Å². The second-order valence-corrected chi connectivity index (χ2v) is 11.8. The molecular formula is C28H24NPSi. The van der Waals surface area contributed by atoms with Gasteiger partial charge in [-0.2, -0.15) is 0 Å². The van der Waals surface area contributed by atoms with Gasteiger partial charge in [0.2, 0.25) is 0 Å². The number of pyridine rings is 1. The molecular weight excluding hydrogens is 409 g/mol. The Morgan fingerprint density at radius 2 is 1.19 bits per heavy atom. The zero-order valence-corrected chi connectivity index (χ0v) is 19.7. The van der Waals surface area contributed by atoms with E-state index < -0.39 is 17.4 Å². The van der Waals surface area contributed by atoms with Crippen molar-refractivity contribution in [1.29, 1.82) is 0 Å². The first-order valence-corrected chi connectivity index (χ1v) is 13.6. The van der Waals surface area contributed by atoms with Crippen molar-refractivity contribution >= 4 is 49.3 Å². The van der Waals surface area contributed by atoms with Crippen LogP contribution in [0.3, 0.4) is 0 Å². The molecule has 5 rings (SSSR count). The first-order chi connectivity index (χ1) is 15.4. The van der Waals surface area contributed by atoms with Gasteiger partial charge in [-0.05, 0) is 35.3 Å². The maximum absolute atomic E-state index is 4.70. The maximum Gasteiger partial charge on any atom is 0.0907 e. The highest BCUT2D eigenvalue weighted by Crippen LogP contribution is 2.37. The number of benzene rings is 4. The van der Waals surface area contributed by atoms with Crippen molar-refractivity contribution in [2.24, 2.45) is 0 Å². The van der Waals surface area contributed by atoms with Gasteiger partial charge in [-0.15, -0.1) is 0 Å². The summed E-state index contributed by atoms with van der Waals surface area (Å²) in [5.74, 6) is 0. The van der Waals surface area contributed by atoms with E-state index in [-0.39, 0.29) is 0 Å². The van der Waals surface area contributed by atoms with Crippen molar-refractivity contribution in [2.75, 3.05) is 0 Å². The molecule has 1 heterocycles. The molecule has 0 saturated heterocycles. The summed E-state index contributed by atoms with van der Waals surface area (Å²) >= 11 is 0. The van der Waals surface area contributed by atoms with Gasteiger partial charge < -0.3 is 0 Å². The van der Waals surface area contributed by atoms with E-state index in [1.807, 2.05) is 12.3 Å². The first kappa shape index (κ1) is 19.9. The lowest BCUT2D eigenvalue weighted by Crippen LogP contribution is -2.31. The van der Waals surface area contributed by atoms with Gasteiger partial charge in [-0.25, -0.2) is 0 Å². The highest BCUT2D eigenvalue weighted by atomic mass is 31.1. The number of nitrogens with zero attached hydrogens (tertiary/aromatic N) is 1. The topological polar surface area (TPSA) is 12.9 Å². The molecule has 0 aliphatic heterocycles. The largest absolute Gasteiger partial charge is 0.256 e. The van der Waals surface area contributed by atoms with Gasteiger partial charge in [0.25, 0.3) is 0 Å². The summed E-state index contributed by atoms with van der Waals surface area (Å²) in [7, 11) is -1.09. The second kappa shape index (κ2) is 9.39. The van der Waals surface area contributed by atoms with Gasteiger partial charge in [0.05, 0.1) is 15.0 Å². The lowest BCUT2D eigenvalue weighted by molar-refractivity contribution is 1.42. The molecule has 150 valence electrons. The van der Waals surface area contributed by atoms with Crippen LogP contribution in [0.2, 0.25) is 0 Å². The fraction of sp³-hybridized carbons (Fsp3) is 0.0357. The Bertz CT molecular complexity index is 1240. The van der Waals surface area contributed by atoms with Crippen LogP contribution in [0.4, 0.5) is 0 Å². The summed E-state index contributed by atoms with van der Waals surface area (Å²) in [5, 5.41) is 7.06. The highest BCUT2D eigenvalue weighted by molar-refractivity contribution is 7.72. The third kappa shape index (κ3) is 4.51. The minimum atomic E-state index is -0.640. The van der Waals surface area contributed by atoms with Crippen LogP contribution >= 0.6 is 7.92 Å². The average molecular weight is 434 g/mol. The van der Waals surface area contributed by atoms with Crippen LogP contribution in [-0.2, 0) is 6.16 Å².